The van der Waals surface area contributed by atoms with Crippen LogP contribution in [0.3, 0.4) is 0 Å². The Bertz CT molecular complexity index is 1130. The summed E-state index contributed by atoms with van der Waals surface area (Å²) < 4.78 is 5.48. The van der Waals surface area contributed by atoms with Crippen LogP contribution < -0.4 is 19.9 Å². The van der Waals surface area contributed by atoms with Crippen LogP contribution in [-0.4, -0.2) is 76.6 Å². The summed E-state index contributed by atoms with van der Waals surface area (Å²) in [6, 6.07) is 7.40. The van der Waals surface area contributed by atoms with Gasteiger partial charge in [-0.2, -0.15) is 4.98 Å². The number of carboxylic acid groups (broad SMARTS) is 1. The van der Waals surface area contributed by atoms with Crippen molar-refractivity contribution in [2.75, 3.05) is 41.3 Å². The van der Waals surface area contributed by atoms with E-state index in [-0.39, 0.29) is 43.3 Å². The largest absolute Gasteiger partial charge is 0.483 e. The third kappa shape index (κ3) is 10.8. The minimum absolute atomic E-state index is 0.0611. The van der Waals surface area contributed by atoms with Crippen LogP contribution in [0.4, 0.5) is 22.2 Å². The van der Waals surface area contributed by atoms with E-state index < -0.39 is 0 Å². The molecule has 0 radical (unpaired) electrons. The molecular weight excluding hydrogens is 552 g/mol. The lowest BCUT2D eigenvalue weighted by molar-refractivity contribution is -0.123. The van der Waals surface area contributed by atoms with Crippen molar-refractivity contribution in [2.24, 2.45) is 0 Å². The Kier molecular flexibility index (Phi) is 17.0. The summed E-state index contributed by atoms with van der Waals surface area (Å²) in [6.07, 6.45) is 4.33. The molecule has 3 amide bonds. The first kappa shape index (κ1) is 36.8. The van der Waals surface area contributed by atoms with E-state index in [1.807, 2.05) is 65.5 Å². The molecule has 0 spiro atoms. The maximum Gasteiger partial charge on any atom is 0.415 e. The number of carbonyl (C=O) groups is 4. The Hall–Kier alpha value is -4.22. The summed E-state index contributed by atoms with van der Waals surface area (Å²) in [4.78, 5) is 59.4. The van der Waals surface area contributed by atoms with Gasteiger partial charge in [0, 0.05) is 45.1 Å². The molecule has 2 N–H and O–H groups in total. The summed E-state index contributed by atoms with van der Waals surface area (Å²) in [7, 11) is 0. The van der Waals surface area contributed by atoms with Gasteiger partial charge < -0.3 is 25.0 Å². The highest BCUT2D eigenvalue weighted by atomic mass is 16.6. The van der Waals surface area contributed by atoms with E-state index in [4.69, 9.17) is 14.6 Å². The Labute approximate surface area is 255 Å². The SMILES string of the molecule is CC.CC.CCN(CC)c1ncc(N2C(=O)CCC2=O)c(NC(C)Cc2ccc(OC(=O)N3CCCC3)cc2)n1.O=CO. The predicted octanol–water partition coefficient (Wildman–Crippen LogP) is 5.37. The average molecular weight is 601 g/mol. The molecule has 2 fully saturated rings. The zero-order valence-electron chi connectivity index (χ0n) is 26.6. The highest BCUT2D eigenvalue weighted by molar-refractivity contribution is 6.21. The van der Waals surface area contributed by atoms with Crippen molar-refractivity contribution in [2.45, 2.75) is 86.6 Å². The second-order valence-electron chi connectivity index (χ2n) is 9.26. The molecule has 238 valence electrons. The first-order valence-electron chi connectivity index (χ1n) is 15.2. The molecule has 1 unspecified atom stereocenters. The number of anilines is 3. The fourth-order valence-electron chi connectivity index (χ4n) is 4.54. The van der Waals surface area contributed by atoms with E-state index in [1.165, 1.54) is 4.90 Å². The molecule has 2 aliphatic rings. The fraction of sp³-hybridized carbons (Fsp3) is 0.548. The maximum absolute atomic E-state index is 12.4. The second-order valence-corrected chi connectivity index (χ2v) is 9.26. The maximum atomic E-state index is 12.4. The minimum Gasteiger partial charge on any atom is -0.483 e. The number of rotatable bonds is 9. The molecule has 1 aromatic carbocycles. The molecule has 2 aliphatic heterocycles. The Morgan fingerprint density at radius 3 is 2.09 bits per heavy atom. The van der Waals surface area contributed by atoms with Crippen LogP contribution in [0, 0.1) is 0 Å². The monoisotopic (exact) mass is 600 g/mol. The van der Waals surface area contributed by atoms with Gasteiger partial charge in [-0.05, 0) is 57.7 Å². The van der Waals surface area contributed by atoms with E-state index >= 15 is 0 Å². The number of likely N-dealkylation sites (tertiary alicyclic amines) is 1. The number of ether oxygens (including phenoxy) is 1. The van der Waals surface area contributed by atoms with E-state index in [1.54, 1.807) is 23.2 Å². The molecule has 43 heavy (non-hydrogen) atoms. The summed E-state index contributed by atoms with van der Waals surface area (Å²) in [5, 5.41) is 10.3. The molecule has 2 saturated heterocycles. The van der Waals surface area contributed by atoms with Gasteiger partial charge in [-0.3, -0.25) is 14.4 Å². The first-order chi connectivity index (χ1) is 20.8. The molecule has 3 heterocycles. The smallest absolute Gasteiger partial charge is 0.415 e. The van der Waals surface area contributed by atoms with E-state index in [0.29, 0.717) is 29.6 Å². The molecule has 1 atom stereocenters. The summed E-state index contributed by atoms with van der Waals surface area (Å²) in [5.74, 6) is 1.04. The Balaban J connectivity index is 0.00000122. The number of hydrogen-bond acceptors (Lipinski definition) is 9. The lowest BCUT2D eigenvalue weighted by Crippen LogP contribution is -2.32. The quantitative estimate of drug-likeness (QED) is 0.285. The molecule has 0 aliphatic carbocycles. The van der Waals surface area contributed by atoms with Gasteiger partial charge >= 0.3 is 6.09 Å². The van der Waals surface area contributed by atoms with Crippen molar-refractivity contribution < 1.29 is 29.0 Å². The third-order valence-corrected chi connectivity index (χ3v) is 6.51. The topological polar surface area (TPSA) is 145 Å². The fourth-order valence-corrected chi connectivity index (χ4v) is 4.54. The number of nitrogens with zero attached hydrogens (tertiary/aromatic N) is 5. The van der Waals surface area contributed by atoms with Crippen molar-refractivity contribution >= 4 is 41.8 Å². The van der Waals surface area contributed by atoms with Crippen LogP contribution in [0.2, 0.25) is 0 Å². The molecule has 1 aromatic heterocycles. The van der Waals surface area contributed by atoms with Gasteiger partial charge in [0.1, 0.15) is 11.4 Å². The molecule has 12 nitrogen and oxygen atoms in total. The van der Waals surface area contributed by atoms with Crippen molar-refractivity contribution in [3.63, 3.8) is 0 Å². The van der Waals surface area contributed by atoms with Crippen molar-refractivity contribution in [3.05, 3.63) is 36.0 Å². The van der Waals surface area contributed by atoms with Crippen molar-refractivity contribution in [3.8, 4) is 5.75 Å². The molecule has 4 rings (SSSR count). The number of nitrogens with one attached hydrogen (secondary N) is 1. The third-order valence-electron chi connectivity index (χ3n) is 6.51. The Morgan fingerprint density at radius 2 is 1.58 bits per heavy atom. The van der Waals surface area contributed by atoms with Crippen LogP contribution in [0.25, 0.3) is 0 Å². The lowest BCUT2D eigenvalue weighted by atomic mass is 10.1. The van der Waals surface area contributed by atoms with Gasteiger partial charge in [0.25, 0.3) is 6.47 Å². The van der Waals surface area contributed by atoms with Crippen LogP contribution in [0.5, 0.6) is 5.75 Å². The van der Waals surface area contributed by atoms with E-state index in [9.17, 15) is 14.4 Å². The number of hydrogen-bond donors (Lipinski definition) is 2. The molecule has 12 heteroatoms. The molecule has 0 saturated carbocycles. The van der Waals surface area contributed by atoms with Gasteiger partial charge in [0.05, 0.1) is 6.20 Å². The number of amides is 3. The van der Waals surface area contributed by atoms with E-state index in [0.717, 1.165) is 44.6 Å². The first-order valence-corrected chi connectivity index (χ1v) is 15.2. The zero-order valence-corrected chi connectivity index (χ0v) is 26.6. The summed E-state index contributed by atoms with van der Waals surface area (Å²) >= 11 is 0. The number of benzene rings is 1. The minimum atomic E-state index is -0.304. The van der Waals surface area contributed by atoms with Gasteiger partial charge in [-0.25, -0.2) is 14.7 Å². The normalized spacial score (nSPS) is 14.3. The summed E-state index contributed by atoms with van der Waals surface area (Å²) in [6.45, 7) is 16.8. The molecule has 0 bridgehead atoms. The number of imide groups is 1. The van der Waals surface area contributed by atoms with Gasteiger partial charge in [0.2, 0.25) is 17.8 Å². The van der Waals surface area contributed by atoms with Gasteiger partial charge in [-0.15, -0.1) is 0 Å². The molecular formula is C31H48N6O6. The predicted molar refractivity (Wildman–Crippen MR) is 169 cm³/mol. The Morgan fingerprint density at radius 1 is 1.05 bits per heavy atom. The van der Waals surface area contributed by atoms with Crippen LogP contribution >= 0.6 is 0 Å². The molecule has 2 aromatic rings. The van der Waals surface area contributed by atoms with Crippen LogP contribution in [0.15, 0.2) is 30.5 Å². The van der Waals surface area contributed by atoms with E-state index in [2.05, 4.69) is 15.3 Å². The van der Waals surface area contributed by atoms with Crippen LogP contribution in [-0.2, 0) is 20.8 Å². The summed E-state index contributed by atoms with van der Waals surface area (Å²) in [5.41, 5.74) is 1.43. The average Bonchev–Trinajstić information content (AvgIpc) is 3.68. The van der Waals surface area contributed by atoms with Crippen molar-refractivity contribution in [1.82, 2.24) is 14.9 Å². The lowest BCUT2D eigenvalue weighted by Gasteiger charge is -2.24. The highest BCUT2D eigenvalue weighted by Gasteiger charge is 2.33. The van der Waals surface area contributed by atoms with Crippen LogP contribution in [0.1, 0.15) is 79.7 Å². The second kappa shape index (κ2) is 19.8. The number of aromatic nitrogens is 2. The highest BCUT2D eigenvalue weighted by Crippen LogP contribution is 2.30. The van der Waals surface area contributed by atoms with Gasteiger partial charge in [-0.1, -0.05) is 39.8 Å². The van der Waals surface area contributed by atoms with Crippen molar-refractivity contribution in [1.29, 1.82) is 0 Å². The zero-order chi connectivity index (χ0) is 32.4. The van der Waals surface area contributed by atoms with Gasteiger partial charge in [0.15, 0.2) is 5.82 Å². The number of carbonyl (C=O) groups excluding carboxylic acids is 3. The standard InChI is InChI=1S/C26H34N6O4.2C2H6.CH2O2/c1-4-30(5-2)25-27-17-21(32-22(33)12-13-23(32)34)24(29-25)28-18(3)16-19-8-10-20(11-9-19)36-26(35)31-14-6-7-15-31;2*1-2;2-1-3/h8-11,17-18H,4-7,12-16H2,1-3H3,(H,27,28,29);2*1-2H3;1H,(H,2,3).